The van der Waals surface area contributed by atoms with Crippen LogP contribution in [0.4, 0.5) is 5.69 Å². The fourth-order valence-electron chi connectivity index (χ4n) is 4.56. The van der Waals surface area contributed by atoms with Crippen molar-refractivity contribution < 1.29 is 18.0 Å². The van der Waals surface area contributed by atoms with Gasteiger partial charge in [0.1, 0.15) is 12.6 Å². The highest BCUT2D eigenvalue weighted by molar-refractivity contribution is 9.10. The van der Waals surface area contributed by atoms with E-state index >= 15 is 0 Å². The molecular formula is C27H36BrN3O4S. The van der Waals surface area contributed by atoms with Gasteiger partial charge in [-0.15, -0.1) is 0 Å². The second-order valence-electron chi connectivity index (χ2n) is 9.73. The Morgan fingerprint density at radius 1 is 1.08 bits per heavy atom. The van der Waals surface area contributed by atoms with Crippen LogP contribution < -0.4 is 9.62 Å². The molecule has 0 radical (unpaired) electrons. The maximum Gasteiger partial charge on any atom is 0.244 e. The SMILES string of the molecule is Cc1cccc(CN(C(=O)CN(c2ccc(Br)c(C)c2)S(C)(=O)=O)[C@H](C)C(=O)NC2CCCCC2)c1. The number of hydrogen-bond acceptors (Lipinski definition) is 4. The largest absolute Gasteiger partial charge is 0.352 e. The summed E-state index contributed by atoms with van der Waals surface area (Å²) in [5.41, 5.74) is 3.18. The van der Waals surface area contributed by atoms with Crippen LogP contribution in [0.1, 0.15) is 55.7 Å². The van der Waals surface area contributed by atoms with Gasteiger partial charge < -0.3 is 10.2 Å². The minimum atomic E-state index is -3.75. The first kappa shape index (κ1) is 28.2. The van der Waals surface area contributed by atoms with Gasteiger partial charge in [0.25, 0.3) is 0 Å². The highest BCUT2D eigenvalue weighted by atomic mass is 79.9. The molecule has 2 aromatic rings. The van der Waals surface area contributed by atoms with E-state index in [2.05, 4.69) is 21.2 Å². The Labute approximate surface area is 223 Å². The van der Waals surface area contributed by atoms with Crippen molar-refractivity contribution in [2.75, 3.05) is 17.1 Å². The van der Waals surface area contributed by atoms with Crippen molar-refractivity contribution in [3.05, 3.63) is 63.6 Å². The van der Waals surface area contributed by atoms with Gasteiger partial charge in [-0.2, -0.15) is 0 Å². The monoisotopic (exact) mass is 577 g/mol. The zero-order chi connectivity index (χ0) is 26.5. The van der Waals surface area contributed by atoms with E-state index in [0.29, 0.717) is 5.69 Å². The quantitative estimate of drug-likeness (QED) is 0.468. The lowest BCUT2D eigenvalue weighted by atomic mass is 9.95. The van der Waals surface area contributed by atoms with E-state index < -0.39 is 28.5 Å². The molecule has 3 rings (SSSR count). The molecule has 7 nitrogen and oxygen atoms in total. The molecule has 0 unspecified atom stereocenters. The zero-order valence-electron chi connectivity index (χ0n) is 21.5. The van der Waals surface area contributed by atoms with Crippen LogP contribution in [-0.2, 0) is 26.2 Å². The van der Waals surface area contributed by atoms with Crippen molar-refractivity contribution >= 4 is 43.5 Å². The Kier molecular flexibility index (Phi) is 9.58. The molecule has 0 bridgehead atoms. The van der Waals surface area contributed by atoms with E-state index in [0.717, 1.165) is 57.4 Å². The average molecular weight is 579 g/mol. The first-order chi connectivity index (χ1) is 17.0. The lowest BCUT2D eigenvalue weighted by molar-refractivity contribution is -0.139. The number of halogens is 1. The molecule has 9 heteroatoms. The molecule has 0 aromatic heterocycles. The number of nitrogens with one attached hydrogen (secondary N) is 1. The fraction of sp³-hybridized carbons (Fsp3) is 0.481. The van der Waals surface area contributed by atoms with E-state index in [1.54, 1.807) is 25.1 Å². The van der Waals surface area contributed by atoms with Crippen molar-refractivity contribution in [3.8, 4) is 0 Å². The normalized spacial score (nSPS) is 15.2. The third-order valence-electron chi connectivity index (χ3n) is 6.66. The highest BCUT2D eigenvalue weighted by Crippen LogP contribution is 2.25. The number of amides is 2. The van der Waals surface area contributed by atoms with Crippen LogP contribution in [-0.4, -0.2) is 50.0 Å². The summed E-state index contributed by atoms with van der Waals surface area (Å²) in [6, 6.07) is 12.3. The van der Waals surface area contributed by atoms with Crippen LogP contribution in [0.2, 0.25) is 0 Å². The lowest BCUT2D eigenvalue weighted by Crippen LogP contribution is -2.53. The number of rotatable bonds is 9. The molecule has 1 saturated carbocycles. The average Bonchev–Trinajstić information content (AvgIpc) is 2.82. The van der Waals surface area contributed by atoms with E-state index in [1.807, 2.05) is 38.1 Å². The smallest absolute Gasteiger partial charge is 0.244 e. The number of aryl methyl sites for hydroxylation is 2. The van der Waals surface area contributed by atoms with Gasteiger partial charge in [-0.3, -0.25) is 13.9 Å². The maximum absolute atomic E-state index is 13.7. The van der Waals surface area contributed by atoms with Crippen LogP contribution in [0.15, 0.2) is 46.9 Å². The molecule has 0 aliphatic heterocycles. The predicted octanol–water partition coefficient (Wildman–Crippen LogP) is 4.70. The van der Waals surface area contributed by atoms with Gasteiger partial charge in [-0.05, 0) is 62.9 Å². The van der Waals surface area contributed by atoms with Gasteiger partial charge in [-0.1, -0.05) is 65.0 Å². The summed E-state index contributed by atoms with van der Waals surface area (Å²) < 4.78 is 27.4. The summed E-state index contributed by atoms with van der Waals surface area (Å²) >= 11 is 3.43. The van der Waals surface area contributed by atoms with Crippen molar-refractivity contribution in [2.45, 2.75) is 71.5 Å². The molecule has 1 N–H and O–H groups in total. The third kappa shape index (κ3) is 7.56. The first-order valence-corrected chi connectivity index (χ1v) is 15.0. The maximum atomic E-state index is 13.7. The van der Waals surface area contributed by atoms with Gasteiger partial charge in [0.05, 0.1) is 11.9 Å². The number of anilines is 1. The molecular weight excluding hydrogens is 542 g/mol. The topological polar surface area (TPSA) is 86.8 Å². The summed E-state index contributed by atoms with van der Waals surface area (Å²) in [5.74, 6) is -0.651. The molecule has 1 atom stereocenters. The molecule has 0 heterocycles. The second-order valence-corrected chi connectivity index (χ2v) is 12.5. The summed E-state index contributed by atoms with van der Waals surface area (Å²) in [7, 11) is -3.75. The number of carbonyl (C=O) groups is 2. The Hall–Kier alpha value is -2.39. The molecule has 0 saturated heterocycles. The van der Waals surface area contributed by atoms with Crippen molar-refractivity contribution in [2.24, 2.45) is 0 Å². The summed E-state index contributed by atoms with van der Waals surface area (Å²) in [6.07, 6.45) is 6.31. The third-order valence-corrected chi connectivity index (χ3v) is 8.69. The van der Waals surface area contributed by atoms with Gasteiger partial charge in [0, 0.05) is 17.1 Å². The Bertz CT molecular complexity index is 1200. The molecule has 2 amide bonds. The number of sulfonamides is 1. The molecule has 0 spiro atoms. The van der Waals surface area contributed by atoms with Gasteiger partial charge in [0.2, 0.25) is 21.8 Å². The van der Waals surface area contributed by atoms with E-state index in [9.17, 15) is 18.0 Å². The van der Waals surface area contributed by atoms with Crippen molar-refractivity contribution in [1.82, 2.24) is 10.2 Å². The molecule has 1 aliphatic carbocycles. The van der Waals surface area contributed by atoms with Crippen molar-refractivity contribution in [1.29, 1.82) is 0 Å². The summed E-state index contributed by atoms with van der Waals surface area (Å²) in [5, 5.41) is 3.11. The minimum Gasteiger partial charge on any atom is -0.352 e. The lowest BCUT2D eigenvalue weighted by Gasteiger charge is -2.33. The Morgan fingerprint density at radius 3 is 2.39 bits per heavy atom. The van der Waals surface area contributed by atoms with Crippen LogP contribution in [0.3, 0.4) is 0 Å². The summed E-state index contributed by atoms with van der Waals surface area (Å²) in [6.45, 7) is 5.34. The first-order valence-electron chi connectivity index (χ1n) is 12.3. The second kappa shape index (κ2) is 12.2. The van der Waals surface area contributed by atoms with Gasteiger partial charge in [0.15, 0.2) is 0 Å². The minimum absolute atomic E-state index is 0.114. The Balaban J connectivity index is 1.88. The zero-order valence-corrected chi connectivity index (χ0v) is 23.9. The molecule has 1 aliphatic rings. The molecule has 196 valence electrons. The number of carbonyl (C=O) groups excluding carboxylic acids is 2. The van der Waals surface area contributed by atoms with E-state index in [4.69, 9.17) is 0 Å². The Morgan fingerprint density at radius 2 is 1.78 bits per heavy atom. The number of hydrogen-bond donors (Lipinski definition) is 1. The fourth-order valence-corrected chi connectivity index (χ4v) is 5.64. The standard InChI is InChI=1S/C27H36BrN3O4S/c1-19-9-8-10-22(15-19)17-30(21(3)27(33)29-23-11-6-5-7-12-23)26(32)18-31(36(4,34)35)24-13-14-25(28)20(2)16-24/h8-10,13-16,21,23H,5-7,11-12,17-18H2,1-4H3,(H,29,33)/t21-/m1/s1. The van der Waals surface area contributed by atoms with E-state index in [-0.39, 0.29) is 18.5 Å². The molecule has 1 fully saturated rings. The van der Waals surface area contributed by atoms with Crippen molar-refractivity contribution in [3.63, 3.8) is 0 Å². The molecule has 36 heavy (non-hydrogen) atoms. The van der Waals surface area contributed by atoms with Crippen LogP contribution in [0.5, 0.6) is 0 Å². The highest BCUT2D eigenvalue weighted by Gasteiger charge is 2.31. The molecule has 2 aromatic carbocycles. The van der Waals surface area contributed by atoms with Crippen LogP contribution >= 0.6 is 15.9 Å². The van der Waals surface area contributed by atoms with Crippen LogP contribution in [0, 0.1) is 13.8 Å². The van der Waals surface area contributed by atoms with Gasteiger partial charge >= 0.3 is 0 Å². The van der Waals surface area contributed by atoms with E-state index in [1.165, 1.54) is 11.3 Å². The number of benzene rings is 2. The predicted molar refractivity (Wildman–Crippen MR) is 147 cm³/mol. The summed E-state index contributed by atoms with van der Waals surface area (Å²) in [4.78, 5) is 28.4. The van der Waals surface area contributed by atoms with Gasteiger partial charge in [-0.25, -0.2) is 8.42 Å². The van der Waals surface area contributed by atoms with Crippen LogP contribution in [0.25, 0.3) is 0 Å². The number of nitrogens with zero attached hydrogens (tertiary/aromatic N) is 2.